The summed E-state index contributed by atoms with van der Waals surface area (Å²) in [4.78, 5) is 15.1. The summed E-state index contributed by atoms with van der Waals surface area (Å²) in [5.41, 5.74) is -0.165. The number of ether oxygens (including phenoxy) is 1. The molecule has 13 heavy (non-hydrogen) atoms. The predicted octanol–water partition coefficient (Wildman–Crippen LogP) is 2.16. The van der Waals surface area contributed by atoms with Gasteiger partial charge in [-0.1, -0.05) is 13.8 Å². The van der Waals surface area contributed by atoms with Crippen molar-refractivity contribution >= 4 is 11.8 Å². The van der Waals surface area contributed by atoms with Crippen LogP contribution in [0.4, 0.5) is 0 Å². The summed E-state index contributed by atoms with van der Waals surface area (Å²) in [7, 11) is 0. The van der Waals surface area contributed by atoms with Gasteiger partial charge in [-0.3, -0.25) is 4.79 Å². The van der Waals surface area contributed by atoms with E-state index in [2.05, 4.69) is 11.9 Å². The third kappa shape index (κ3) is 2.08. The second-order valence-electron chi connectivity index (χ2n) is 4.07. The van der Waals surface area contributed by atoms with E-state index in [1.54, 1.807) is 0 Å². The van der Waals surface area contributed by atoms with Gasteiger partial charge >= 0.3 is 0 Å². The highest BCUT2D eigenvalue weighted by Crippen LogP contribution is 2.34. The Bertz CT molecular complexity index is 245. The molecule has 1 aliphatic rings. The molecule has 0 aromatic heterocycles. The molecule has 1 aliphatic heterocycles. The molecule has 1 unspecified atom stereocenters. The fraction of sp³-hybridized carbons (Fsp3) is 0.800. The quantitative estimate of drug-likeness (QED) is 0.658. The lowest BCUT2D eigenvalue weighted by atomic mass is 9.85. The number of hydrogen-bond acceptors (Lipinski definition) is 2. The van der Waals surface area contributed by atoms with Gasteiger partial charge in [-0.05, 0) is 20.3 Å². The van der Waals surface area contributed by atoms with E-state index in [0.29, 0.717) is 12.3 Å². The van der Waals surface area contributed by atoms with Crippen LogP contribution >= 0.6 is 0 Å². The van der Waals surface area contributed by atoms with Crippen molar-refractivity contribution in [3.63, 3.8) is 0 Å². The maximum absolute atomic E-state index is 11.1. The van der Waals surface area contributed by atoms with Gasteiger partial charge in [-0.2, -0.15) is 4.99 Å². The average molecular weight is 183 g/mol. The van der Waals surface area contributed by atoms with Crippen LogP contribution in [0.2, 0.25) is 0 Å². The van der Waals surface area contributed by atoms with Gasteiger partial charge < -0.3 is 4.74 Å². The number of amides is 1. The van der Waals surface area contributed by atoms with Crippen LogP contribution in [0.1, 0.15) is 40.5 Å². The molecule has 0 saturated carbocycles. The van der Waals surface area contributed by atoms with Gasteiger partial charge in [0.1, 0.15) is 0 Å². The Labute approximate surface area is 79.2 Å². The monoisotopic (exact) mass is 183 g/mol. The van der Waals surface area contributed by atoms with E-state index in [0.717, 1.165) is 6.42 Å². The highest BCUT2D eigenvalue weighted by atomic mass is 16.5. The zero-order valence-corrected chi connectivity index (χ0v) is 8.76. The van der Waals surface area contributed by atoms with Gasteiger partial charge in [0.15, 0.2) is 5.90 Å². The standard InChI is InChI=1S/C10H17NO2/c1-5-10(4)6-8(12)11-9(10)13-7(2)3/h7H,5-6H2,1-4H3. The molecule has 0 aromatic carbocycles. The predicted molar refractivity (Wildman–Crippen MR) is 51.7 cm³/mol. The lowest BCUT2D eigenvalue weighted by Gasteiger charge is -2.24. The highest BCUT2D eigenvalue weighted by molar-refractivity contribution is 6.02. The van der Waals surface area contributed by atoms with Gasteiger partial charge in [0.2, 0.25) is 5.91 Å². The molecular formula is C10H17NO2. The van der Waals surface area contributed by atoms with Crippen molar-refractivity contribution in [2.45, 2.75) is 46.6 Å². The molecule has 0 spiro atoms. The van der Waals surface area contributed by atoms with Crippen molar-refractivity contribution < 1.29 is 9.53 Å². The minimum atomic E-state index is -0.165. The van der Waals surface area contributed by atoms with E-state index in [9.17, 15) is 4.79 Å². The fourth-order valence-electron chi connectivity index (χ4n) is 1.37. The topological polar surface area (TPSA) is 38.7 Å². The van der Waals surface area contributed by atoms with Gasteiger partial charge in [0.25, 0.3) is 0 Å². The molecule has 3 nitrogen and oxygen atoms in total. The van der Waals surface area contributed by atoms with Crippen molar-refractivity contribution in [3.05, 3.63) is 0 Å². The van der Waals surface area contributed by atoms with Crippen molar-refractivity contribution in [3.8, 4) is 0 Å². The van der Waals surface area contributed by atoms with Crippen LogP contribution in [0.25, 0.3) is 0 Å². The molecule has 0 aliphatic carbocycles. The number of hydrogen-bond donors (Lipinski definition) is 0. The summed E-state index contributed by atoms with van der Waals surface area (Å²) in [5, 5.41) is 0. The lowest BCUT2D eigenvalue weighted by molar-refractivity contribution is -0.118. The summed E-state index contributed by atoms with van der Waals surface area (Å²) in [6.07, 6.45) is 1.48. The molecule has 0 saturated heterocycles. The Kier molecular flexibility index (Phi) is 2.74. The largest absolute Gasteiger partial charge is 0.478 e. The molecule has 0 fully saturated rings. The van der Waals surface area contributed by atoms with Gasteiger partial charge in [-0.15, -0.1) is 0 Å². The first-order valence-electron chi connectivity index (χ1n) is 4.76. The van der Waals surface area contributed by atoms with Crippen molar-refractivity contribution in [2.24, 2.45) is 10.4 Å². The molecule has 1 amide bonds. The first-order valence-corrected chi connectivity index (χ1v) is 4.76. The first-order chi connectivity index (χ1) is 5.98. The molecule has 0 radical (unpaired) electrons. The second-order valence-corrected chi connectivity index (χ2v) is 4.07. The molecule has 0 N–H and O–H groups in total. The van der Waals surface area contributed by atoms with Crippen LogP contribution in [0, 0.1) is 5.41 Å². The third-order valence-corrected chi connectivity index (χ3v) is 2.41. The third-order valence-electron chi connectivity index (χ3n) is 2.41. The summed E-state index contributed by atoms with van der Waals surface area (Å²) >= 11 is 0. The van der Waals surface area contributed by atoms with Crippen LogP contribution in [-0.4, -0.2) is 17.9 Å². The van der Waals surface area contributed by atoms with E-state index in [4.69, 9.17) is 4.74 Å². The highest BCUT2D eigenvalue weighted by Gasteiger charge is 2.39. The SMILES string of the molecule is CCC1(C)CC(=O)N=C1OC(C)C. The van der Waals surface area contributed by atoms with Crippen LogP contribution in [0.5, 0.6) is 0 Å². The van der Waals surface area contributed by atoms with Gasteiger partial charge in [0, 0.05) is 6.42 Å². The minimum absolute atomic E-state index is 0.0556. The zero-order valence-electron chi connectivity index (χ0n) is 8.76. The Morgan fingerprint density at radius 2 is 2.23 bits per heavy atom. The van der Waals surface area contributed by atoms with Gasteiger partial charge in [0.05, 0.1) is 11.5 Å². The molecule has 1 atom stereocenters. The minimum Gasteiger partial charge on any atom is -0.478 e. The number of aliphatic imine (C=N–C) groups is 1. The molecular weight excluding hydrogens is 166 g/mol. The molecule has 74 valence electrons. The Morgan fingerprint density at radius 1 is 1.62 bits per heavy atom. The number of carbonyl (C=O) groups excluding carboxylic acids is 1. The van der Waals surface area contributed by atoms with E-state index >= 15 is 0 Å². The van der Waals surface area contributed by atoms with Crippen molar-refractivity contribution in [2.75, 3.05) is 0 Å². The summed E-state index contributed by atoms with van der Waals surface area (Å²) < 4.78 is 5.52. The Balaban J connectivity index is 2.79. The molecule has 1 rings (SSSR count). The normalized spacial score (nSPS) is 28.1. The van der Waals surface area contributed by atoms with E-state index in [-0.39, 0.29) is 17.4 Å². The van der Waals surface area contributed by atoms with E-state index in [1.807, 2.05) is 20.8 Å². The van der Waals surface area contributed by atoms with Gasteiger partial charge in [-0.25, -0.2) is 0 Å². The molecule has 3 heteroatoms. The maximum Gasteiger partial charge on any atom is 0.249 e. The summed E-state index contributed by atoms with van der Waals surface area (Å²) in [6, 6.07) is 0. The van der Waals surface area contributed by atoms with Crippen LogP contribution < -0.4 is 0 Å². The average Bonchev–Trinajstić information content (AvgIpc) is 2.27. The van der Waals surface area contributed by atoms with Crippen LogP contribution in [0.15, 0.2) is 4.99 Å². The zero-order chi connectivity index (χ0) is 10.1. The summed E-state index contributed by atoms with van der Waals surface area (Å²) in [5.74, 6) is 0.565. The fourth-order valence-corrected chi connectivity index (χ4v) is 1.37. The second kappa shape index (κ2) is 3.48. The van der Waals surface area contributed by atoms with Crippen molar-refractivity contribution in [1.29, 1.82) is 0 Å². The number of rotatable bonds is 2. The van der Waals surface area contributed by atoms with Crippen LogP contribution in [0.3, 0.4) is 0 Å². The van der Waals surface area contributed by atoms with Crippen molar-refractivity contribution in [1.82, 2.24) is 0 Å². The summed E-state index contributed by atoms with van der Waals surface area (Å²) in [6.45, 7) is 7.97. The maximum atomic E-state index is 11.1. The Hall–Kier alpha value is -0.860. The van der Waals surface area contributed by atoms with Crippen LogP contribution in [-0.2, 0) is 9.53 Å². The first kappa shape index (κ1) is 10.2. The smallest absolute Gasteiger partial charge is 0.249 e. The molecule has 0 aromatic rings. The molecule has 0 bridgehead atoms. The lowest BCUT2D eigenvalue weighted by Crippen LogP contribution is -2.27. The Morgan fingerprint density at radius 3 is 2.69 bits per heavy atom. The van der Waals surface area contributed by atoms with E-state index in [1.165, 1.54) is 0 Å². The molecule has 1 heterocycles. The van der Waals surface area contributed by atoms with E-state index < -0.39 is 0 Å². The number of carbonyl (C=O) groups is 1. The number of nitrogens with zero attached hydrogens (tertiary/aromatic N) is 1.